The van der Waals surface area contributed by atoms with Crippen molar-refractivity contribution in [2.45, 2.75) is 12.5 Å². The summed E-state index contributed by atoms with van der Waals surface area (Å²) < 4.78 is 5.69. The molecule has 1 amide bonds. The van der Waals surface area contributed by atoms with E-state index in [0.717, 1.165) is 5.69 Å². The molecule has 16 heavy (non-hydrogen) atoms. The number of nitrogens with one attached hydrogen (secondary N) is 1. The summed E-state index contributed by atoms with van der Waals surface area (Å²) in [4.78, 5) is 13.0. The topological polar surface area (TPSA) is 78.5 Å². The van der Waals surface area contributed by atoms with E-state index in [1.165, 1.54) is 0 Å². The molecule has 0 aromatic carbocycles. The summed E-state index contributed by atoms with van der Waals surface area (Å²) in [5.74, 6) is -0.269. The molecule has 6 nitrogen and oxygen atoms in total. The first-order valence-corrected chi connectivity index (χ1v) is 5.18. The van der Waals surface area contributed by atoms with Crippen LogP contribution in [0.15, 0.2) is 12.3 Å². The van der Waals surface area contributed by atoms with E-state index in [2.05, 4.69) is 10.2 Å². The Morgan fingerprint density at radius 1 is 1.81 bits per heavy atom. The molecule has 88 valence electrons. The number of rotatable bonds is 2. The van der Waals surface area contributed by atoms with Gasteiger partial charge < -0.3 is 14.7 Å². The number of H-pyrrole nitrogens is 1. The Labute approximate surface area is 93.2 Å². The van der Waals surface area contributed by atoms with E-state index < -0.39 is 12.2 Å². The standard InChI is InChI=1S/C10H15N3O3/c1-10(8-2-3-11-12-8)7-13(4-5-16-10)9(15)6-14/h2-3,14H,4-7H2,1H3,(H,11,12)/t10-/m1/s1. The van der Waals surface area contributed by atoms with Crippen LogP contribution in [0, 0.1) is 0 Å². The van der Waals surface area contributed by atoms with Crippen LogP contribution in [0.25, 0.3) is 0 Å². The van der Waals surface area contributed by atoms with Gasteiger partial charge in [0, 0.05) is 12.7 Å². The van der Waals surface area contributed by atoms with Crippen molar-refractivity contribution >= 4 is 5.91 Å². The molecule has 2 heterocycles. The van der Waals surface area contributed by atoms with E-state index in [4.69, 9.17) is 9.84 Å². The molecular formula is C10H15N3O3. The Morgan fingerprint density at radius 2 is 2.62 bits per heavy atom. The predicted octanol–water partition coefficient (Wildman–Crippen LogP) is -0.524. The van der Waals surface area contributed by atoms with Crippen molar-refractivity contribution in [1.82, 2.24) is 15.1 Å². The summed E-state index contributed by atoms with van der Waals surface area (Å²) in [6, 6.07) is 1.83. The van der Waals surface area contributed by atoms with Crippen LogP contribution in [0.5, 0.6) is 0 Å². The van der Waals surface area contributed by atoms with Crippen LogP contribution in [0.1, 0.15) is 12.6 Å². The minimum Gasteiger partial charge on any atom is -0.387 e. The highest BCUT2D eigenvalue weighted by molar-refractivity contribution is 5.77. The summed E-state index contributed by atoms with van der Waals surface area (Å²) in [6.45, 7) is 2.84. The van der Waals surface area contributed by atoms with Gasteiger partial charge in [0.1, 0.15) is 12.2 Å². The van der Waals surface area contributed by atoms with Crippen molar-refractivity contribution in [3.8, 4) is 0 Å². The molecule has 0 radical (unpaired) electrons. The second-order valence-corrected chi connectivity index (χ2v) is 4.02. The summed E-state index contributed by atoms with van der Waals surface area (Å²) >= 11 is 0. The van der Waals surface area contributed by atoms with Gasteiger partial charge in [0.2, 0.25) is 5.91 Å². The summed E-state index contributed by atoms with van der Waals surface area (Å²) in [5, 5.41) is 15.6. The molecule has 2 rings (SSSR count). The van der Waals surface area contributed by atoms with Gasteiger partial charge in [-0.3, -0.25) is 9.89 Å². The van der Waals surface area contributed by atoms with Crippen molar-refractivity contribution < 1.29 is 14.6 Å². The van der Waals surface area contributed by atoms with Gasteiger partial charge in [0.15, 0.2) is 0 Å². The minimum atomic E-state index is -0.570. The van der Waals surface area contributed by atoms with Crippen molar-refractivity contribution in [2.24, 2.45) is 0 Å². The first-order chi connectivity index (χ1) is 7.65. The number of nitrogens with zero attached hydrogens (tertiary/aromatic N) is 2. The number of aromatic amines is 1. The molecule has 0 bridgehead atoms. The average Bonchev–Trinajstić information content (AvgIpc) is 2.82. The number of hydrogen-bond donors (Lipinski definition) is 2. The van der Waals surface area contributed by atoms with Gasteiger partial charge in [-0.1, -0.05) is 0 Å². The number of aliphatic hydroxyl groups excluding tert-OH is 1. The molecule has 1 saturated heterocycles. The van der Waals surface area contributed by atoms with E-state index >= 15 is 0 Å². The molecule has 0 spiro atoms. The number of aliphatic hydroxyl groups is 1. The van der Waals surface area contributed by atoms with Crippen molar-refractivity contribution in [3.63, 3.8) is 0 Å². The quantitative estimate of drug-likeness (QED) is 0.709. The van der Waals surface area contributed by atoms with E-state index in [1.54, 1.807) is 11.1 Å². The lowest BCUT2D eigenvalue weighted by Gasteiger charge is -2.39. The van der Waals surface area contributed by atoms with Crippen LogP contribution in [0.4, 0.5) is 0 Å². The molecule has 0 unspecified atom stereocenters. The third kappa shape index (κ3) is 1.94. The zero-order chi connectivity index (χ0) is 11.6. The smallest absolute Gasteiger partial charge is 0.248 e. The number of aromatic nitrogens is 2. The Morgan fingerprint density at radius 3 is 3.25 bits per heavy atom. The maximum atomic E-state index is 11.4. The third-order valence-corrected chi connectivity index (χ3v) is 2.83. The number of morpholine rings is 1. The largest absolute Gasteiger partial charge is 0.387 e. The number of carbonyl (C=O) groups excluding carboxylic acids is 1. The predicted molar refractivity (Wildman–Crippen MR) is 55.6 cm³/mol. The average molecular weight is 225 g/mol. The normalized spacial score (nSPS) is 25.8. The summed E-state index contributed by atoms with van der Waals surface area (Å²) in [5.41, 5.74) is 0.266. The molecule has 2 N–H and O–H groups in total. The second kappa shape index (κ2) is 4.23. The highest BCUT2D eigenvalue weighted by Gasteiger charge is 2.36. The Balaban J connectivity index is 2.14. The molecule has 1 atom stereocenters. The lowest BCUT2D eigenvalue weighted by atomic mass is 10.00. The van der Waals surface area contributed by atoms with E-state index in [0.29, 0.717) is 19.7 Å². The number of hydrogen-bond acceptors (Lipinski definition) is 4. The molecular weight excluding hydrogens is 210 g/mol. The summed E-state index contributed by atoms with van der Waals surface area (Å²) in [7, 11) is 0. The zero-order valence-electron chi connectivity index (χ0n) is 9.14. The van der Waals surface area contributed by atoms with Gasteiger partial charge in [0.05, 0.1) is 18.8 Å². The molecule has 1 aromatic rings. The lowest BCUT2D eigenvalue weighted by molar-refractivity contribution is -0.152. The SMILES string of the molecule is C[C@]1(c2ccn[nH]2)CN(C(=O)CO)CCO1. The van der Waals surface area contributed by atoms with Gasteiger partial charge in [-0.15, -0.1) is 0 Å². The van der Waals surface area contributed by atoms with Crippen LogP contribution in [-0.2, 0) is 15.1 Å². The van der Waals surface area contributed by atoms with Gasteiger partial charge in [0.25, 0.3) is 0 Å². The van der Waals surface area contributed by atoms with Gasteiger partial charge in [-0.2, -0.15) is 5.10 Å². The number of carbonyl (C=O) groups is 1. The molecule has 0 aliphatic carbocycles. The van der Waals surface area contributed by atoms with Gasteiger partial charge in [-0.05, 0) is 13.0 Å². The second-order valence-electron chi connectivity index (χ2n) is 4.02. The van der Waals surface area contributed by atoms with Crippen LogP contribution in [0.3, 0.4) is 0 Å². The molecule has 1 aliphatic heterocycles. The van der Waals surface area contributed by atoms with Crippen molar-refractivity contribution in [1.29, 1.82) is 0 Å². The maximum Gasteiger partial charge on any atom is 0.248 e. The Bertz CT molecular complexity index is 365. The molecule has 0 saturated carbocycles. The Kier molecular flexibility index (Phi) is 2.93. The highest BCUT2D eigenvalue weighted by Crippen LogP contribution is 2.27. The van der Waals surface area contributed by atoms with Crippen molar-refractivity contribution in [3.05, 3.63) is 18.0 Å². The van der Waals surface area contributed by atoms with Crippen LogP contribution in [-0.4, -0.2) is 52.4 Å². The zero-order valence-corrected chi connectivity index (χ0v) is 9.14. The van der Waals surface area contributed by atoms with Crippen LogP contribution >= 0.6 is 0 Å². The van der Waals surface area contributed by atoms with Gasteiger partial charge >= 0.3 is 0 Å². The van der Waals surface area contributed by atoms with E-state index in [1.807, 2.05) is 13.0 Å². The van der Waals surface area contributed by atoms with Gasteiger partial charge in [-0.25, -0.2) is 0 Å². The first-order valence-electron chi connectivity index (χ1n) is 5.18. The lowest BCUT2D eigenvalue weighted by Crippen LogP contribution is -2.51. The highest BCUT2D eigenvalue weighted by atomic mass is 16.5. The third-order valence-electron chi connectivity index (χ3n) is 2.83. The van der Waals surface area contributed by atoms with E-state index in [9.17, 15) is 4.79 Å². The van der Waals surface area contributed by atoms with Crippen LogP contribution in [0.2, 0.25) is 0 Å². The number of ether oxygens (including phenoxy) is 1. The summed E-state index contributed by atoms with van der Waals surface area (Å²) in [6.07, 6.45) is 1.65. The fourth-order valence-corrected chi connectivity index (χ4v) is 1.90. The minimum absolute atomic E-state index is 0.269. The maximum absolute atomic E-state index is 11.4. The monoisotopic (exact) mass is 225 g/mol. The number of amides is 1. The van der Waals surface area contributed by atoms with Crippen molar-refractivity contribution in [2.75, 3.05) is 26.3 Å². The molecule has 1 fully saturated rings. The molecule has 1 aromatic heterocycles. The fourth-order valence-electron chi connectivity index (χ4n) is 1.90. The first kappa shape index (κ1) is 11.1. The fraction of sp³-hybridized carbons (Fsp3) is 0.600. The van der Waals surface area contributed by atoms with Crippen LogP contribution < -0.4 is 0 Å². The molecule has 1 aliphatic rings. The van der Waals surface area contributed by atoms with E-state index in [-0.39, 0.29) is 5.91 Å². The Hall–Kier alpha value is -1.40. The molecule has 6 heteroatoms.